The molecule has 3 rings (SSSR count). The zero-order chi connectivity index (χ0) is 16.0. The van der Waals surface area contributed by atoms with Gasteiger partial charge in [-0.25, -0.2) is 4.79 Å². The molecule has 2 aliphatic heterocycles. The van der Waals surface area contributed by atoms with E-state index >= 15 is 0 Å². The summed E-state index contributed by atoms with van der Waals surface area (Å²) in [4.78, 5) is 24.8. The highest BCUT2D eigenvalue weighted by molar-refractivity contribution is 6.07. The first-order valence-corrected chi connectivity index (χ1v) is 6.60. The van der Waals surface area contributed by atoms with Crippen LogP contribution in [0.25, 0.3) is 0 Å². The Morgan fingerprint density at radius 2 is 1.82 bits per heavy atom. The fourth-order valence-electron chi connectivity index (χ4n) is 2.64. The van der Waals surface area contributed by atoms with Crippen LogP contribution in [0.2, 0.25) is 0 Å². The summed E-state index contributed by atoms with van der Waals surface area (Å²) in [6.45, 7) is 0.765. The lowest BCUT2D eigenvalue weighted by Gasteiger charge is -2.37. The Bertz CT molecular complexity index is 608. The van der Waals surface area contributed by atoms with Crippen LogP contribution in [0, 0.1) is 0 Å². The quantitative estimate of drug-likeness (QED) is 0.744. The lowest BCUT2D eigenvalue weighted by molar-refractivity contribution is -0.141. The van der Waals surface area contributed by atoms with E-state index < -0.39 is 23.4 Å². The number of carbonyl (C=O) groups excluding carboxylic acids is 2. The second kappa shape index (κ2) is 4.82. The van der Waals surface area contributed by atoms with Gasteiger partial charge in [-0.3, -0.25) is 10.1 Å². The van der Waals surface area contributed by atoms with Gasteiger partial charge in [0.05, 0.1) is 0 Å². The summed E-state index contributed by atoms with van der Waals surface area (Å²) in [7, 11) is 0. The molecule has 7 nitrogen and oxygen atoms in total. The van der Waals surface area contributed by atoms with Crippen molar-refractivity contribution in [3.63, 3.8) is 0 Å². The number of urea groups is 1. The molecule has 0 saturated carbocycles. The van der Waals surface area contributed by atoms with Gasteiger partial charge in [0.15, 0.2) is 11.5 Å². The maximum atomic E-state index is 12.4. The van der Waals surface area contributed by atoms with Gasteiger partial charge in [0.2, 0.25) is 0 Å². The topological polar surface area (TPSA) is 87.2 Å². The summed E-state index contributed by atoms with van der Waals surface area (Å²) < 4.78 is 37.3. The lowest BCUT2D eigenvalue weighted by atomic mass is 9.88. The van der Waals surface area contributed by atoms with Crippen molar-refractivity contribution >= 4 is 17.8 Å². The van der Waals surface area contributed by atoms with Gasteiger partial charge in [0.25, 0.3) is 5.91 Å². The lowest BCUT2D eigenvalue weighted by Crippen LogP contribution is -2.55. The third-order valence-electron chi connectivity index (χ3n) is 3.90. The van der Waals surface area contributed by atoms with Crippen molar-refractivity contribution in [1.29, 1.82) is 0 Å². The minimum atomic E-state index is -4.52. The van der Waals surface area contributed by atoms with Crippen LogP contribution in [-0.4, -0.2) is 40.8 Å². The van der Waals surface area contributed by atoms with Gasteiger partial charge in [-0.1, -0.05) is 0 Å². The maximum absolute atomic E-state index is 12.4. The van der Waals surface area contributed by atoms with Crippen LogP contribution in [0.4, 0.5) is 23.8 Å². The molecule has 3 heterocycles. The van der Waals surface area contributed by atoms with Gasteiger partial charge in [-0.05, 0) is 25.0 Å². The number of hydrogen-bond donors (Lipinski definition) is 2. The molecule has 2 N–H and O–H groups in total. The van der Waals surface area contributed by atoms with E-state index in [1.165, 1.54) is 6.07 Å². The minimum absolute atomic E-state index is 0.313. The predicted molar refractivity (Wildman–Crippen MR) is 67.9 cm³/mol. The highest BCUT2D eigenvalue weighted by atomic mass is 19.4. The van der Waals surface area contributed by atoms with Gasteiger partial charge >= 0.3 is 12.2 Å². The van der Waals surface area contributed by atoms with Crippen LogP contribution in [0.3, 0.4) is 0 Å². The van der Waals surface area contributed by atoms with E-state index in [0.29, 0.717) is 31.7 Å². The molecule has 118 valence electrons. The summed E-state index contributed by atoms with van der Waals surface area (Å²) in [6.07, 6.45) is -3.82. The normalized spacial score (nSPS) is 21.0. The molecule has 3 amide bonds. The van der Waals surface area contributed by atoms with Crippen molar-refractivity contribution in [2.24, 2.45) is 0 Å². The number of imide groups is 1. The van der Waals surface area contributed by atoms with Crippen LogP contribution in [0.1, 0.15) is 18.5 Å². The predicted octanol–water partition coefficient (Wildman–Crippen LogP) is 0.674. The number of rotatable bonds is 1. The van der Waals surface area contributed by atoms with E-state index in [-0.39, 0.29) is 5.91 Å². The molecule has 2 saturated heterocycles. The fourth-order valence-corrected chi connectivity index (χ4v) is 2.64. The molecule has 1 aromatic heterocycles. The molecular formula is C12H12F3N5O2. The van der Waals surface area contributed by atoms with Crippen LogP contribution >= 0.6 is 0 Å². The summed E-state index contributed by atoms with van der Waals surface area (Å²) in [5.74, 6) is -0.0526. The molecule has 10 heteroatoms. The average Bonchev–Trinajstić information content (AvgIpc) is 2.73. The highest BCUT2D eigenvalue weighted by Crippen LogP contribution is 2.30. The highest BCUT2D eigenvalue weighted by Gasteiger charge is 2.48. The second-order valence-electron chi connectivity index (χ2n) is 5.25. The molecular weight excluding hydrogens is 303 g/mol. The number of alkyl halides is 3. The molecule has 0 bridgehead atoms. The Labute approximate surface area is 122 Å². The van der Waals surface area contributed by atoms with E-state index in [4.69, 9.17) is 0 Å². The van der Waals surface area contributed by atoms with Crippen molar-refractivity contribution in [3.8, 4) is 0 Å². The summed E-state index contributed by atoms with van der Waals surface area (Å²) in [5.41, 5.74) is -1.97. The Hall–Kier alpha value is -2.39. The van der Waals surface area contributed by atoms with Gasteiger partial charge in [0, 0.05) is 13.1 Å². The van der Waals surface area contributed by atoms with Crippen LogP contribution in [-0.2, 0) is 11.0 Å². The maximum Gasteiger partial charge on any atom is 0.435 e. The first kappa shape index (κ1) is 14.5. The third kappa shape index (κ3) is 2.44. The second-order valence-corrected chi connectivity index (χ2v) is 5.25. The third-order valence-corrected chi connectivity index (χ3v) is 3.90. The molecule has 0 aromatic carbocycles. The van der Waals surface area contributed by atoms with Crippen LogP contribution in [0.5, 0.6) is 0 Å². The molecule has 2 aliphatic rings. The monoisotopic (exact) mass is 315 g/mol. The molecule has 22 heavy (non-hydrogen) atoms. The van der Waals surface area contributed by atoms with E-state index in [0.717, 1.165) is 6.07 Å². The van der Waals surface area contributed by atoms with Gasteiger partial charge in [-0.2, -0.15) is 13.2 Å². The van der Waals surface area contributed by atoms with Crippen molar-refractivity contribution in [2.45, 2.75) is 24.6 Å². The molecule has 2 fully saturated rings. The molecule has 1 aromatic rings. The zero-order valence-electron chi connectivity index (χ0n) is 11.3. The van der Waals surface area contributed by atoms with E-state index in [9.17, 15) is 22.8 Å². The Kier molecular flexibility index (Phi) is 3.18. The summed E-state index contributed by atoms with van der Waals surface area (Å²) >= 11 is 0. The number of anilines is 1. The number of piperidine rings is 1. The van der Waals surface area contributed by atoms with Crippen molar-refractivity contribution < 1.29 is 22.8 Å². The standard InChI is InChI=1S/C12H12F3N5O2/c13-12(14,15)7-1-2-8(19-18-7)20-5-3-11(4-6-20)9(21)16-10(22)17-11/h1-2H,3-6H2,(H2,16,17,21,22). The molecule has 0 unspecified atom stereocenters. The number of halogens is 3. The first-order valence-electron chi connectivity index (χ1n) is 6.60. The fraction of sp³-hybridized carbons (Fsp3) is 0.500. The Morgan fingerprint density at radius 1 is 1.14 bits per heavy atom. The van der Waals surface area contributed by atoms with E-state index in [1.807, 2.05) is 0 Å². The number of nitrogens with one attached hydrogen (secondary N) is 2. The van der Waals surface area contributed by atoms with Crippen LogP contribution < -0.4 is 15.5 Å². The van der Waals surface area contributed by atoms with Crippen molar-refractivity contribution in [2.75, 3.05) is 18.0 Å². The zero-order valence-corrected chi connectivity index (χ0v) is 11.3. The number of aromatic nitrogens is 2. The van der Waals surface area contributed by atoms with E-state index in [1.54, 1.807) is 4.90 Å². The van der Waals surface area contributed by atoms with Crippen molar-refractivity contribution in [3.05, 3.63) is 17.8 Å². The first-order chi connectivity index (χ1) is 10.3. The minimum Gasteiger partial charge on any atom is -0.355 e. The average molecular weight is 315 g/mol. The number of hydrogen-bond acceptors (Lipinski definition) is 5. The number of carbonyl (C=O) groups is 2. The van der Waals surface area contributed by atoms with Crippen LogP contribution in [0.15, 0.2) is 12.1 Å². The van der Waals surface area contributed by atoms with Crippen molar-refractivity contribution in [1.82, 2.24) is 20.8 Å². The molecule has 0 atom stereocenters. The Balaban J connectivity index is 1.69. The summed E-state index contributed by atoms with van der Waals surface area (Å²) in [5, 5.41) is 11.6. The molecule has 0 radical (unpaired) electrons. The van der Waals surface area contributed by atoms with E-state index in [2.05, 4.69) is 20.8 Å². The van der Waals surface area contributed by atoms with Gasteiger partial charge in [0.1, 0.15) is 5.54 Å². The number of amides is 3. The van der Waals surface area contributed by atoms with Gasteiger partial charge < -0.3 is 10.2 Å². The summed E-state index contributed by atoms with van der Waals surface area (Å²) in [6, 6.07) is 1.60. The Morgan fingerprint density at radius 3 is 2.27 bits per heavy atom. The van der Waals surface area contributed by atoms with Gasteiger partial charge in [-0.15, -0.1) is 10.2 Å². The molecule has 0 aliphatic carbocycles. The molecule has 1 spiro atoms. The SMILES string of the molecule is O=C1NC(=O)C2(CCN(c3ccc(C(F)(F)F)nn3)CC2)N1. The smallest absolute Gasteiger partial charge is 0.355 e. The number of nitrogens with zero attached hydrogens (tertiary/aromatic N) is 3. The largest absolute Gasteiger partial charge is 0.435 e.